The summed E-state index contributed by atoms with van der Waals surface area (Å²) in [4.78, 5) is 0. The van der Waals surface area contributed by atoms with Gasteiger partial charge in [0.15, 0.2) is 0 Å². The molecule has 1 N–H and O–H groups in total. The first-order valence-electron chi connectivity index (χ1n) is 5.93. The third-order valence-electron chi connectivity index (χ3n) is 1.98. The maximum atomic E-state index is 3.30. The number of hydrogen-bond acceptors (Lipinski definition) is 1. The molecule has 0 atom stereocenters. The van der Waals surface area contributed by atoms with Crippen molar-refractivity contribution in [2.75, 3.05) is 13.1 Å². The zero-order chi connectivity index (χ0) is 11.4. The summed E-state index contributed by atoms with van der Waals surface area (Å²) in [6, 6.07) is 0. The van der Waals surface area contributed by atoms with Gasteiger partial charge in [-0.3, -0.25) is 0 Å². The standard InChI is InChI=1S/C8H13N.C6H12/c1-2-4-6-8-9-7-5-3-1;1-4-5-6(2)3/h1-3,5,9H,4,6-8H2;5H,4H2,1-3H3/b2-1-,5-3-;. The SMILES string of the molecule is C1=C\CCCNC\C=C/1.CCC=C(C)C. The van der Waals surface area contributed by atoms with Crippen molar-refractivity contribution >= 4 is 0 Å². The fraction of sp³-hybridized carbons (Fsp3) is 0.571. The van der Waals surface area contributed by atoms with E-state index >= 15 is 0 Å². The minimum Gasteiger partial charge on any atom is -0.313 e. The van der Waals surface area contributed by atoms with Gasteiger partial charge in [0.25, 0.3) is 0 Å². The minimum atomic E-state index is 1.02. The Balaban J connectivity index is 0.000000288. The van der Waals surface area contributed by atoms with E-state index in [1.807, 2.05) is 0 Å². The van der Waals surface area contributed by atoms with Gasteiger partial charge in [0, 0.05) is 6.54 Å². The molecule has 0 saturated heterocycles. The van der Waals surface area contributed by atoms with Crippen LogP contribution in [-0.4, -0.2) is 13.1 Å². The van der Waals surface area contributed by atoms with Gasteiger partial charge in [-0.15, -0.1) is 0 Å². The molecule has 15 heavy (non-hydrogen) atoms. The van der Waals surface area contributed by atoms with Crippen LogP contribution in [0.1, 0.15) is 40.0 Å². The summed E-state index contributed by atoms with van der Waals surface area (Å²) in [6.45, 7) is 8.54. The first kappa shape index (κ1) is 14.2. The second-order valence-electron chi connectivity index (χ2n) is 3.89. The third kappa shape index (κ3) is 13.2. The summed E-state index contributed by atoms with van der Waals surface area (Å²) in [6.07, 6.45) is 14.4. The molecule has 0 aromatic rings. The van der Waals surface area contributed by atoms with E-state index in [2.05, 4.69) is 56.5 Å². The number of nitrogens with one attached hydrogen (secondary N) is 1. The Morgan fingerprint density at radius 2 is 2.00 bits per heavy atom. The third-order valence-corrected chi connectivity index (χ3v) is 1.98. The predicted octanol–water partition coefficient (Wildman–Crippen LogP) is 3.84. The van der Waals surface area contributed by atoms with E-state index in [0.717, 1.165) is 13.1 Å². The molecule has 1 rings (SSSR count). The van der Waals surface area contributed by atoms with Gasteiger partial charge < -0.3 is 5.32 Å². The quantitative estimate of drug-likeness (QED) is 0.644. The van der Waals surface area contributed by atoms with E-state index in [1.54, 1.807) is 0 Å². The summed E-state index contributed by atoms with van der Waals surface area (Å²) in [5.74, 6) is 0. The van der Waals surface area contributed by atoms with E-state index < -0.39 is 0 Å². The van der Waals surface area contributed by atoms with Crippen LogP contribution in [0, 0.1) is 0 Å². The van der Waals surface area contributed by atoms with E-state index in [-0.39, 0.29) is 0 Å². The Kier molecular flexibility index (Phi) is 10.6. The van der Waals surface area contributed by atoms with Crippen molar-refractivity contribution in [3.05, 3.63) is 36.0 Å². The summed E-state index contributed by atoms with van der Waals surface area (Å²) >= 11 is 0. The molecule has 0 fully saturated rings. The highest BCUT2D eigenvalue weighted by molar-refractivity contribution is 5.03. The number of allylic oxidation sites excluding steroid dienone is 5. The van der Waals surface area contributed by atoms with E-state index in [4.69, 9.17) is 0 Å². The molecule has 0 aliphatic carbocycles. The van der Waals surface area contributed by atoms with Crippen LogP contribution in [0.25, 0.3) is 0 Å². The summed E-state index contributed by atoms with van der Waals surface area (Å²) in [5, 5.41) is 3.30. The van der Waals surface area contributed by atoms with Crippen LogP contribution in [0.15, 0.2) is 36.0 Å². The maximum Gasteiger partial charge on any atom is 0.0137 e. The fourth-order valence-corrected chi connectivity index (χ4v) is 1.26. The Morgan fingerprint density at radius 3 is 2.60 bits per heavy atom. The van der Waals surface area contributed by atoms with Crippen molar-refractivity contribution in [3.8, 4) is 0 Å². The molecule has 0 amide bonds. The second kappa shape index (κ2) is 11.3. The smallest absolute Gasteiger partial charge is 0.0137 e. The molecular weight excluding hydrogens is 182 g/mol. The Labute approximate surface area is 95.0 Å². The molecule has 1 nitrogen and oxygen atoms in total. The van der Waals surface area contributed by atoms with Crippen LogP contribution in [0.2, 0.25) is 0 Å². The van der Waals surface area contributed by atoms with E-state index in [1.165, 1.54) is 24.8 Å². The molecular formula is C14H25N. The lowest BCUT2D eigenvalue weighted by Crippen LogP contribution is -2.14. The predicted molar refractivity (Wildman–Crippen MR) is 70.1 cm³/mol. The lowest BCUT2D eigenvalue weighted by atomic mass is 10.3. The lowest BCUT2D eigenvalue weighted by Gasteiger charge is -1.95. The zero-order valence-corrected chi connectivity index (χ0v) is 10.4. The molecule has 0 bridgehead atoms. The molecule has 0 radical (unpaired) electrons. The average molecular weight is 207 g/mol. The summed E-state index contributed by atoms with van der Waals surface area (Å²) < 4.78 is 0. The van der Waals surface area contributed by atoms with Crippen LogP contribution in [-0.2, 0) is 0 Å². The van der Waals surface area contributed by atoms with Crippen LogP contribution < -0.4 is 5.32 Å². The first-order chi connectivity index (χ1) is 7.27. The number of rotatable bonds is 1. The van der Waals surface area contributed by atoms with Gasteiger partial charge in [0.2, 0.25) is 0 Å². The number of hydrogen-bond donors (Lipinski definition) is 1. The monoisotopic (exact) mass is 207 g/mol. The van der Waals surface area contributed by atoms with Gasteiger partial charge in [-0.1, -0.05) is 42.9 Å². The molecule has 1 aliphatic heterocycles. The minimum absolute atomic E-state index is 1.02. The van der Waals surface area contributed by atoms with Gasteiger partial charge >= 0.3 is 0 Å². The van der Waals surface area contributed by atoms with Crippen LogP contribution >= 0.6 is 0 Å². The van der Waals surface area contributed by atoms with Crippen molar-refractivity contribution in [2.45, 2.75) is 40.0 Å². The maximum absolute atomic E-state index is 3.30. The molecule has 0 aromatic carbocycles. The van der Waals surface area contributed by atoms with Gasteiger partial charge in [-0.05, 0) is 39.7 Å². The van der Waals surface area contributed by atoms with Crippen molar-refractivity contribution in [1.29, 1.82) is 0 Å². The highest BCUT2D eigenvalue weighted by atomic mass is 14.8. The molecule has 86 valence electrons. The molecule has 0 spiro atoms. The molecule has 0 aromatic heterocycles. The van der Waals surface area contributed by atoms with Crippen LogP contribution in [0.3, 0.4) is 0 Å². The van der Waals surface area contributed by atoms with Crippen molar-refractivity contribution < 1.29 is 0 Å². The van der Waals surface area contributed by atoms with Gasteiger partial charge in [-0.2, -0.15) is 0 Å². The summed E-state index contributed by atoms with van der Waals surface area (Å²) in [5.41, 5.74) is 1.41. The largest absolute Gasteiger partial charge is 0.313 e. The molecule has 1 heterocycles. The average Bonchev–Trinajstić information content (AvgIpc) is 2.33. The summed E-state index contributed by atoms with van der Waals surface area (Å²) in [7, 11) is 0. The van der Waals surface area contributed by atoms with Crippen molar-refractivity contribution in [3.63, 3.8) is 0 Å². The van der Waals surface area contributed by atoms with Crippen LogP contribution in [0.5, 0.6) is 0 Å². The van der Waals surface area contributed by atoms with Gasteiger partial charge in [0.05, 0.1) is 0 Å². The van der Waals surface area contributed by atoms with Crippen molar-refractivity contribution in [1.82, 2.24) is 5.32 Å². The highest BCUT2D eigenvalue weighted by Crippen LogP contribution is 1.91. The molecule has 0 saturated carbocycles. The Hall–Kier alpha value is -0.820. The fourth-order valence-electron chi connectivity index (χ4n) is 1.26. The molecule has 1 heteroatoms. The first-order valence-corrected chi connectivity index (χ1v) is 5.93. The van der Waals surface area contributed by atoms with Crippen molar-refractivity contribution in [2.24, 2.45) is 0 Å². The molecule has 1 aliphatic rings. The highest BCUT2D eigenvalue weighted by Gasteiger charge is 1.84. The molecule has 0 unspecified atom stereocenters. The van der Waals surface area contributed by atoms with E-state index in [0.29, 0.717) is 0 Å². The zero-order valence-electron chi connectivity index (χ0n) is 10.4. The van der Waals surface area contributed by atoms with Gasteiger partial charge in [0.1, 0.15) is 0 Å². The Bertz CT molecular complexity index is 193. The van der Waals surface area contributed by atoms with Crippen LogP contribution in [0.4, 0.5) is 0 Å². The normalized spacial score (nSPS) is 19.7. The Morgan fingerprint density at radius 1 is 1.27 bits per heavy atom. The van der Waals surface area contributed by atoms with Gasteiger partial charge in [-0.25, -0.2) is 0 Å². The second-order valence-corrected chi connectivity index (χ2v) is 3.89. The van der Waals surface area contributed by atoms with E-state index in [9.17, 15) is 0 Å². The lowest BCUT2D eigenvalue weighted by molar-refractivity contribution is 0.703. The topological polar surface area (TPSA) is 12.0 Å².